The predicted molar refractivity (Wildman–Crippen MR) is 94.4 cm³/mol. The molecule has 9 nitrogen and oxygen atoms in total. The number of carboxylic acids is 1. The van der Waals surface area contributed by atoms with Gasteiger partial charge in [0, 0.05) is 0 Å². The SMILES string of the molecule is CCCN(CC(=O)O)CC(=O)Nc1cc(-n2cnnn2)ccc1Cl.Cl. The quantitative estimate of drug-likeness (QED) is 0.703. The summed E-state index contributed by atoms with van der Waals surface area (Å²) < 4.78 is 1.43. The zero-order chi connectivity index (χ0) is 17.5. The smallest absolute Gasteiger partial charge is 0.317 e. The highest BCUT2D eigenvalue weighted by Gasteiger charge is 2.15. The molecule has 0 fully saturated rings. The number of carbonyl (C=O) groups excluding carboxylic acids is 1. The van der Waals surface area contributed by atoms with Crippen LogP contribution >= 0.6 is 24.0 Å². The molecule has 0 aliphatic heterocycles. The van der Waals surface area contributed by atoms with Crippen molar-refractivity contribution in [1.82, 2.24) is 25.1 Å². The topological polar surface area (TPSA) is 113 Å². The van der Waals surface area contributed by atoms with Crippen molar-refractivity contribution in [2.24, 2.45) is 0 Å². The number of benzene rings is 1. The second-order valence-corrected chi connectivity index (χ2v) is 5.48. The number of rotatable bonds is 8. The first-order valence-corrected chi connectivity index (χ1v) is 7.64. The van der Waals surface area contributed by atoms with Gasteiger partial charge in [-0.05, 0) is 41.6 Å². The van der Waals surface area contributed by atoms with Crippen molar-refractivity contribution >= 4 is 41.6 Å². The summed E-state index contributed by atoms with van der Waals surface area (Å²) in [5.74, 6) is -1.32. The van der Waals surface area contributed by atoms with E-state index in [-0.39, 0.29) is 31.4 Å². The van der Waals surface area contributed by atoms with Gasteiger partial charge >= 0.3 is 5.97 Å². The lowest BCUT2D eigenvalue weighted by Crippen LogP contribution is -2.37. The van der Waals surface area contributed by atoms with E-state index in [9.17, 15) is 9.59 Å². The predicted octanol–water partition coefficient (Wildman–Crippen LogP) is 1.47. The average Bonchev–Trinajstić information content (AvgIpc) is 3.03. The van der Waals surface area contributed by atoms with E-state index in [2.05, 4.69) is 20.8 Å². The number of carbonyl (C=O) groups is 2. The molecule has 0 saturated heterocycles. The van der Waals surface area contributed by atoms with Gasteiger partial charge in [0.1, 0.15) is 6.33 Å². The standard InChI is InChI=1S/C14H17ClN6O3.ClH/c1-2-5-20(8-14(23)24)7-13(22)17-12-6-10(3-4-11(12)15)21-9-16-18-19-21;/h3-4,6,9H,2,5,7-8H2,1H3,(H,17,22)(H,23,24);1H. The number of nitrogens with zero attached hydrogens (tertiary/aromatic N) is 5. The number of aliphatic carboxylic acids is 1. The average molecular weight is 389 g/mol. The minimum absolute atomic E-state index is 0. The molecule has 25 heavy (non-hydrogen) atoms. The van der Waals surface area contributed by atoms with Crippen molar-refractivity contribution < 1.29 is 14.7 Å². The Morgan fingerprint density at radius 3 is 2.72 bits per heavy atom. The van der Waals surface area contributed by atoms with E-state index in [1.807, 2.05) is 6.92 Å². The van der Waals surface area contributed by atoms with Crippen molar-refractivity contribution in [2.75, 3.05) is 25.0 Å². The van der Waals surface area contributed by atoms with Gasteiger partial charge in [-0.1, -0.05) is 18.5 Å². The Labute approximate surface area is 155 Å². The number of tetrazole rings is 1. The highest BCUT2D eigenvalue weighted by atomic mass is 35.5. The van der Waals surface area contributed by atoms with Crippen LogP contribution in [0.1, 0.15) is 13.3 Å². The van der Waals surface area contributed by atoms with Gasteiger partial charge in [-0.3, -0.25) is 14.5 Å². The summed E-state index contributed by atoms with van der Waals surface area (Å²) in [6.07, 6.45) is 2.17. The molecule has 1 heterocycles. The van der Waals surface area contributed by atoms with E-state index in [0.29, 0.717) is 22.9 Å². The number of hydrogen-bond donors (Lipinski definition) is 2. The minimum atomic E-state index is -0.977. The second kappa shape index (κ2) is 9.92. The lowest BCUT2D eigenvalue weighted by atomic mass is 10.2. The molecular formula is C14H18Cl2N6O3. The maximum absolute atomic E-state index is 12.2. The van der Waals surface area contributed by atoms with Gasteiger partial charge in [0.2, 0.25) is 5.91 Å². The molecule has 0 atom stereocenters. The summed E-state index contributed by atoms with van der Waals surface area (Å²) in [6.45, 7) is 2.20. The van der Waals surface area contributed by atoms with E-state index < -0.39 is 5.97 Å². The zero-order valence-corrected chi connectivity index (χ0v) is 15.0. The second-order valence-electron chi connectivity index (χ2n) is 5.07. The van der Waals surface area contributed by atoms with Crippen LogP contribution in [-0.2, 0) is 9.59 Å². The Balaban J connectivity index is 0.00000312. The summed E-state index contributed by atoms with van der Waals surface area (Å²) >= 11 is 6.10. The molecule has 0 radical (unpaired) electrons. The van der Waals surface area contributed by atoms with Crippen molar-refractivity contribution in [2.45, 2.75) is 13.3 Å². The zero-order valence-electron chi connectivity index (χ0n) is 13.4. The molecule has 11 heteroatoms. The summed E-state index contributed by atoms with van der Waals surface area (Å²) in [7, 11) is 0. The van der Waals surface area contributed by atoms with Crippen LogP contribution in [0.15, 0.2) is 24.5 Å². The number of amides is 1. The van der Waals surface area contributed by atoms with Gasteiger partial charge in [-0.2, -0.15) is 0 Å². The van der Waals surface area contributed by atoms with Crippen LogP contribution in [0.3, 0.4) is 0 Å². The van der Waals surface area contributed by atoms with Gasteiger partial charge in [0.05, 0.1) is 29.5 Å². The lowest BCUT2D eigenvalue weighted by Gasteiger charge is -2.19. The summed E-state index contributed by atoms with van der Waals surface area (Å²) in [4.78, 5) is 24.6. The third-order valence-electron chi connectivity index (χ3n) is 3.10. The fraction of sp³-hybridized carbons (Fsp3) is 0.357. The summed E-state index contributed by atoms with van der Waals surface area (Å²) in [5, 5.41) is 22.8. The van der Waals surface area contributed by atoms with E-state index in [0.717, 1.165) is 6.42 Å². The van der Waals surface area contributed by atoms with Crippen LogP contribution in [0.4, 0.5) is 5.69 Å². The van der Waals surface area contributed by atoms with Gasteiger partial charge in [-0.25, -0.2) is 4.68 Å². The minimum Gasteiger partial charge on any atom is -0.480 e. The fourth-order valence-corrected chi connectivity index (χ4v) is 2.31. The molecule has 0 unspecified atom stereocenters. The third-order valence-corrected chi connectivity index (χ3v) is 3.43. The Kier molecular flexibility index (Phi) is 8.26. The molecular weight excluding hydrogens is 371 g/mol. The van der Waals surface area contributed by atoms with Crippen LogP contribution in [0.5, 0.6) is 0 Å². The molecule has 1 amide bonds. The number of hydrogen-bond acceptors (Lipinski definition) is 6. The van der Waals surface area contributed by atoms with E-state index in [1.165, 1.54) is 11.0 Å². The molecule has 0 saturated carbocycles. The Hall–Kier alpha value is -2.23. The maximum atomic E-state index is 12.2. The maximum Gasteiger partial charge on any atom is 0.317 e. The highest BCUT2D eigenvalue weighted by Crippen LogP contribution is 2.24. The first-order chi connectivity index (χ1) is 11.5. The van der Waals surface area contributed by atoms with Crippen LogP contribution < -0.4 is 5.32 Å². The molecule has 136 valence electrons. The molecule has 1 aromatic carbocycles. The van der Waals surface area contributed by atoms with Gasteiger partial charge in [0.25, 0.3) is 0 Å². The van der Waals surface area contributed by atoms with E-state index in [4.69, 9.17) is 16.7 Å². The number of anilines is 1. The molecule has 2 N–H and O–H groups in total. The first-order valence-electron chi connectivity index (χ1n) is 7.26. The Morgan fingerprint density at radius 2 is 2.12 bits per heavy atom. The van der Waals surface area contributed by atoms with Crippen LogP contribution in [0.25, 0.3) is 5.69 Å². The largest absolute Gasteiger partial charge is 0.480 e. The number of carboxylic acid groups (broad SMARTS) is 1. The summed E-state index contributed by atoms with van der Waals surface area (Å²) in [6, 6.07) is 4.97. The van der Waals surface area contributed by atoms with E-state index in [1.54, 1.807) is 23.1 Å². The number of nitrogens with one attached hydrogen (secondary N) is 1. The normalized spacial score (nSPS) is 10.4. The van der Waals surface area contributed by atoms with Crippen molar-refractivity contribution in [3.63, 3.8) is 0 Å². The van der Waals surface area contributed by atoms with E-state index >= 15 is 0 Å². The van der Waals surface area contributed by atoms with Gasteiger partial charge in [0.15, 0.2) is 0 Å². The third kappa shape index (κ3) is 6.29. The van der Waals surface area contributed by atoms with Gasteiger partial charge < -0.3 is 10.4 Å². The lowest BCUT2D eigenvalue weighted by molar-refractivity contribution is -0.138. The molecule has 2 aromatic rings. The molecule has 0 aliphatic rings. The molecule has 0 spiro atoms. The summed E-state index contributed by atoms with van der Waals surface area (Å²) in [5.41, 5.74) is 1.04. The molecule has 0 aliphatic carbocycles. The van der Waals surface area contributed by atoms with Crippen LogP contribution in [-0.4, -0.2) is 61.7 Å². The molecule has 1 aromatic heterocycles. The monoisotopic (exact) mass is 388 g/mol. The van der Waals surface area contributed by atoms with Crippen molar-refractivity contribution in [1.29, 1.82) is 0 Å². The highest BCUT2D eigenvalue weighted by molar-refractivity contribution is 6.33. The number of aromatic nitrogens is 4. The van der Waals surface area contributed by atoms with Gasteiger partial charge in [-0.15, -0.1) is 17.5 Å². The van der Waals surface area contributed by atoms with Crippen LogP contribution in [0.2, 0.25) is 5.02 Å². The molecule has 0 bridgehead atoms. The Bertz CT molecular complexity index is 711. The van der Waals surface area contributed by atoms with Crippen LogP contribution in [0, 0.1) is 0 Å². The molecule has 2 rings (SSSR count). The Morgan fingerprint density at radius 1 is 1.36 bits per heavy atom. The first kappa shape index (κ1) is 20.8. The fourth-order valence-electron chi connectivity index (χ4n) is 2.15. The van der Waals surface area contributed by atoms with Crippen molar-refractivity contribution in [3.05, 3.63) is 29.5 Å². The van der Waals surface area contributed by atoms with Crippen molar-refractivity contribution in [3.8, 4) is 5.69 Å². The number of halogens is 2.